The number of hydrogen-bond acceptors (Lipinski definition) is 2. The average Bonchev–Trinajstić information content (AvgIpc) is 1.85. The molecule has 0 aliphatic heterocycles. The highest BCUT2D eigenvalue weighted by Gasteiger charge is 2.28. The highest BCUT2D eigenvalue weighted by molar-refractivity contribution is 4.86. The zero-order valence-electron chi connectivity index (χ0n) is 5.74. The molecule has 2 nitrogen and oxygen atoms in total. The molecule has 0 saturated heterocycles. The van der Waals surface area contributed by atoms with Crippen molar-refractivity contribution in [3.63, 3.8) is 0 Å². The van der Waals surface area contributed by atoms with Crippen LogP contribution in [0, 0.1) is 12.3 Å². The number of hydrogen-bond donors (Lipinski definition) is 1. The van der Waals surface area contributed by atoms with Crippen molar-refractivity contribution in [1.29, 1.82) is 0 Å². The molecule has 0 atom stereocenters. The fraction of sp³-hybridized carbons (Fsp3) is 0.667. The molecule has 0 aliphatic carbocycles. The Kier molecular flexibility index (Phi) is 4.66. The summed E-state index contributed by atoms with van der Waals surface area (Å²) in [6.07, 6.45) is 0.277. The second-order valence-electron chi connectivity index (χ2n) is 1.68. The number of terminal acetylenes is 1. The van der Waals surface area contributed by atoms with Crippen molar-refractivity contribution >= 4 is 0 Å². The Morgan fingerprint density at radius 1 is 1.45 bits per heavy atom. The number of halogens is 3. The fourth-order valence-corrected chi connectivity index (χ4v) is 0.399. The van der Waals surface area contributed by atoms with Crippen LogP contribution in [-0.2, 0) is 4.74 Å². The monoisotopic (exact) mass is 167 g/mol. The van der Waals surface area contributed by atoms with Gasteiger partial charge in [-0.05, 0) is 0 Å². The van der Waals surface area contributed by atoms with Gasteiger partial charge in [-0.1, -0.05) is 5.92 Å². The lowest BCUT2D eigenvalue weighted by Gasteiger charge is -2.06. The van der Waals surface area contributed by atoms with E-state index < -0.39 is 13.0 Å². The molecule has 0 aromatic carbocycles. The molecule has 0 bridgehead atoms. The van der Waals surface area contributed by atoms with Crippen molar-refractivity contribution in [3.8, 4) is 12.3 Å². The Morgan fingerprint density at radius 3 is 2.55 bits per heavy atom. The van der Waals surface area contributed by atoms with Crippen LogP contribution in [0.1, 0.15) is 0 Å². The Balaban J connectivity index is 3.10. The quantitative estimate of drug-likeness (QED) is 0.492. The summed E-state index contributed by atoms with van der Waals surface area (Å²) in [5.74, 6) is 2.22. The number of alkyl halides is 3. The van der Waals surface area contributed by atoms with E-state index in [0.717, 1.165) is 0 Å². The van der Waals surface area contributed by atoms with Gasteiger partial charge in [-0.2, -0.15) is 0 Å². The minimum atomic E-state index is -4.54. The molecule has 0 saturated carbocycles. The maximum absolute atomic E-state index is 11.3. The predicted molar refractivity (Wildman–Crippen MR) is 33.7 cm³/mol. The van der Waals surface area contributed by atoms with Crippen LogP contribution in [-0.4, -0.2) is 26.1 Å². The van der Waals surface area contributed by atoms with Gasteiger partial charge in [0, 0.05) is 6.54 Å². The molecule has 0 spiro atoms. The molecule has 0 unspecified atom stereocenters. The molecule has 0 rings (SSSR count). The first-order valence-electron chi connectivity index (χ1n) is 2.91. The van der Waals surface area contributed by atoms with Gasteiger partial charge in [0.05, 0.1) is 13.2 Å². The summed E-state index contributed by atoms with van der Waals surface area (Å²) < 4.78 is 37.3. The lowest BCUT2D eigenvalue weighted by atomic mass is 10.6. The summed E-state index contributed by atoms with van der Waals surface area (Å²) in [5.41, 5.74) is 0. The number of rotatable bonds is 4. The SMILES string of the molecule is C#CCNCCOC(F)(F)F. The lowest BCUT2D eigenvalue weighted by Crippen LogP contribution is -2.24. The highest BCUT2D eigenvalue weighted by Crippen LogP contribution is 2.14. The van der Waals surface area contributed by atoms with E-state index in [1.54, 1.807) is 0 Å². The third kappa shape index (κ3) is 9.27. The van der Waals surface area contributed by atoms with Crippen LogP contribution < -0.4 is 5.32 Å². The Morgan fingerprint density at radius 2 is 2.09 bits per heavy atom. The van der Waals surface area contributed by atoms with Gasteiger partial charge in [0.15, 0.2) is 0 Å². The third-order valence-corrected chi connectivity index (χ3v) is 0.772. The molecule has 1 N–H and O–H groups in total. The van der Waals surface area contributed by atoms with E-state index in [2.05, 4.69) is 16.0 Å². The van der Waals surface area contributed by atoms with Gasteiger partial charge >= 0.3 is 6.36 Å². The first-order valence-corrected chi connectivity index (χ1v) is 2.91. The third-order valence-electron chi connectivity index (χ3n) is 0.772. The van der Waals surface area contributed by atoms with Gasteiger partial charge in [-0.25, -0.2) is 0 Å². The standard InChI is InChI=1S/C6H8F3NO/c1-2-3-10-4-5-11-6(7,8)9/h1,10H,3-5H2. The molecule has 0 fully saturated rings. The van der Waals surface area contributed by atoms with E-state index in [9.17, 15) is 13.2 Å². The molecule has 11 heavy (non-hydrogen) atoms. The van der Waals surface area contributed by atoms with Crippen LogP contribution >= 0.6 is 0 Å². The molecule has 0 amide bonds. The van der Waals surface area contributed by atoms with Gasteiger partial charge in [-0.3, -0.25) is 4.74 Å². The summed E-state index contributed by atoms with van der Waals surface area (Å²) in [4.78, 5) is 0. The van der Waals surface area contributed by atoms with E-state index in [0.29, 0.717) is 0 Å². The van der Waals surface area contributed by atoms with Crippen molar-refractivity contribution in [2.75, 3.05) is 19.7 Å². The van der Waals surface area contributed by atoms with Crippen LogP contribution in [0.15, 0.2) is 0 Å². The zero-order chi connectivity index (χ0) is 8.74. The second kappa shape index (κ2) is 4.99. The maximum Gasteiger partial charge on any atom is 0.522 e. The van der Waals surface area contributed by atoms with Crippen LogP contribution in [0.3, 0.4) is 0 Å². The number of nitrogens with one attached hydrogen (secondary N) is 1. The van der Waals surface area contributed by atoms with Gasteiger partial charge in [-0.15, -0.1) is 19.6 Å². The summed E-state index contributed by atoms with van der Waals surface area (Å²) in [6, 6.07) is 0. The molecule has 0 aliphatic rings. The maximum atomic E-state index is 11.3. The Hall–Kier alpha value is -0.730. The predicted octanol–water partition coefficient (Wildman–Crippen LogP) is 0.746. The van der Waals surface area contributed by atoms with Crippen molar-refractivity contribution in [3.05, 3.63) is 0 Å². The summed E-state index contributed by atoms with van der Waals surface area (Å²) in [5, 5.41) is 2.55. The molecule has 5 heteroatoms. The van der Waals surface area contributed by atoms with E-state index in [-0.39, 0.29) is 13.1 Å². The largest absolute Gasteiger partial charge is 0.522 e. The average molecular weight is 167 g/mol. The minimum Gasteiger partial charge on any atom is -0.304 e. The highest BCUT2D eigenvalue weighted by atomic mass is 19.4. The van der Waals surface area contributed by atoms with Crippen LogP contribution in [0.4, 0.5) is 13.2 Å². The van der Waals surface area contributed by atoms with E-state index >= 15 is 0 Å². The molecule has 0 aromatic rings. The van der Waals surface area contributed by atoms with Crippen LogP contribution in [0.5, 0.6) is 0 Å². The van der Waals surface area contributed by atoms with Gasteiger partial charge < -0.3 is 5.32 Å². The summed E-state index contributed by atoms with van der Waals surface area (Å²) in [6.45, 7) is -0.0594. The van der Waals surface area contributed by atoms with Crippen molar-refractivity contribution in [2.24, 2.45) is 0 Å². The molecule has 0 radical (unpaired) electrons. The topological polar surface area (TPSA) is 21.3 Å². The van der Waals surface area contributed by atoms with Crippen molar-refractivity contribution in [1.82, 2.24) is 5.32 Å². The normalized spacial score (nSPS) is 11.1. The van der Waals surface area contributed by atoms with Crippen LogP contribution in [0.25, 0.3) is 0 Å². The smallest absolute Gasteiger partial charge is 0.304 e. The van der Waals surface area contributed by atoms with Crippen molar-refractivity contribution in [2.45, 2.75) is 6.36 Å². The van der Waals surface area contributed by atoms with Crippen LogP contribution in [0.2, 0.25) is 0 Å². The van der Waals surface area contributed by atoms with Gasteiger partial charge in [0.1, 0.15) is 0 Å². The first kappa shape index (κ1) is 10.3. The van der Waals surface area contributed by atoms with Crippen molar-refractivity contribution < 1.29 is 17.9 Å². The summed E-state index contributed by atoms with van der Waals surface area (Å²) >= 11 is 0. The Labute approximate surface area is 62.7 Å². The molecular weight excluding hydrogens is 159 g/mol. The zero-order valence-corrected chi connectivity index (χ0v) is 5.74. The Bertz CT molecular complexity index is 138. The summed E-state index contributed by atoms with van der Waals surface area (Å²) in [7, 11) is 0. The van der Waals surface area contributed by atoms with E-state index in [1.807, 2.05) is 0 Å². The second-order valence-corrected chi connectivity index (χ2v) is 1.68. The first-order chi connectivity index (χ1) is 5.06. The fourth-order valence-electron chi connectivity index (χ4n) is 0.399. The molecule has 64 valence electrons. The molecular formula is C6H8F3NO. The van der Waals surface area contributed by atoms with E-state index in [1.165, 1.54) is 0 Å². The molecule has 0 heterocycles. The van der Waals surface area contributed by atoms with Gasteiger partial charge in [0.25, 0.3) is 0 Å². The number of ether oxygens (including phenoxy) is 1. The van der Waals surface area contributed by atoms with E-state index in [4.69, 9.17) is 6.42 Å². The van der Waals surface area contributed by atoms with Gasteiger partial charge in [0.2, 0.25) is 0 Å². The molecule has 0 aromatic heterocycles. The lowest BCUT2D eigenvalue weighted by molar-refractivity contribution is -0.323. The minimum absolute atomic E-state index is 0.101.